The minimum atomic E-state index is 0.351. The van der Waals surface area contributed by atoms with Crippen molar-refractivity contribution in [3.8, 4) is 0 Å². The maximum absolute atomic E-state index is 2.89. The van der Waals surface area contributed by atoms with Gasteiger partial charge in [0.25, 0.3) is 0 Å². The summed E-state index contributed by atoms with van der Waals surface area (Å²) >= 11 is 0. The molecule has 0 N–H and O–H groups in total. The molecule has 5 fully saturated rings. The fraction of sp³-hybridized carbons (Fsp3) is 1.00. The first-order valence-electron chi connectivity index (χ1n) is 11.9. The molecule has 0 aromatic rings. The van der Waals surface area contributed by atoms with Crippen LogP contribution >= 0.6 is 0 Å². The zero-order chi connectivity index (χ0) is 18.8. The van der Waals surface area contributed by atoms with Gasteiger partial charge >= 0.3 is 0 Å². The standard InChI is InChI=1S/C23H42N4/c1-18(2)24-12-10-21(26(17-24)19-8-9-19)14-22(3,4)25-15-23(16-25)11-13-27(23)20-6-5-7-20/h18-21H,5-17H2,1-4H3. The highest BCUT2D eigenvalue weighted by Crippen LogP contribution is 2.47. The van der Waals surface area contributed by atoms with Crippen molar-refractivity contribution in [1.29, 1.82) is 0 Å². The minimum absolute atomic E-state index is 0.351. The number of likely N-dealkylation sites (tertiary alicyclic amines) is 2. The lowest BCUT2D eigenvalue weighted by molar-refractivity contribution is -0.183. The Morgan fingerprint density at radius 2 is 1.70 bits per heavy atom. The second-order valence-electron chi connectivity index (χ2n) is 11.4. The van der Waals surface area contributed by atoms with Crippen molar-refractivity contribution >= 4 is 0 Å². The van der Waals surface area contributed by atoms with E-state index in [1.54, 1.807) is 0 Å². The summed E-state index contributed by atoms with van der Waals surface area (Å²) in [5.74, 6) is 0. The monoisotopic (exact) mass is 374 g/mol. The highest BCUT2D eigenvalue weighted by molar-refractivity contribution is 5.15. The molecule has 27 heavy (non-hydrogen) atoms. The van der Waals surface area contributed by atoms with E-state index in [1.165, 1.54) is 84.2 Å². The predicted molar refractivity (Wildman–Crippen MR) is 112 cm³/mol. The van der Waals surface area contributed by atoms with Crippen LogP contribution in [0.1, 0.15) is 79.1 Å². The molecule has 5 aliphatic rings. The number of nitrogens with zero attached hydrogens (tertiary/aromatic N) is 4. The molecule has 0 bridgehead atoms. The number of hydrogen-bond acceptors (Lipinski definition) is 4. The molecule has 1 spiro atoms. The van der Waals surface area contributed by atoms with Gasteiger partial charge in [-0.05, 0) is 72.6 Å². The van der Waals surface area contributed by atoms with E-state index in [9.17, 15) is 0 Å². The Bertz CT molecular complexity index is 545. The van der Waals surface area contributed by atoms with Crippen LogP contribution in [0.2, 0.25) is 0 Å². The molecule has 0 amide bonds. The minimum Gasteiger partial charge on any atom is -0.294 e. The summed E-state index contributed by atoms with van der Waals surface area (Å²) in [6.45, 7) is 16.3. The van der Waals surface area contributed by atoms with Crippen molar-refractivity contribution < 1.29 is 0 Å². The fourth-order valence-electron chi connectivity index (χ4n) is 6.30. The summed E-state index contributed by atoms with van der Waals surface area (Å²) < 4.78 is 0. The Morgan fingerprint density at radius 1 is 0.963 bits per heavy atom. The number of rotatable bonds is 6. The molecule has 1 unspecified atom stereocenters. The van der Waals surface area contributed by atoms with Crippen LogP contribution in [0.15, 0.2) is 0 Å². The second kappa shape index (κ2) is 6.68. The van der Waals surface area contributed by atoms with E-state index in [0.717, 1.165) is 18.1 Å². The van der Waals surface area contributed by atoms with Crippen LogP contribution in [0.5, 0.6) is 0 Å². The van der Waals surface area contributed by atoms with Crippen LogP contribution in [0.3, 0.4) is 0 Å². The molecular formula is C23H42N4. The van der Waals surface area contributed by atoms with Crippen molar-refractivity contribution in [3.63, 3.8) is 0 Å². The van der Waals surface area contributed by atoms with Crippen molar-refractivity contribution in [2.45, 2.75) is 114 Å². The van der Waals surface area contributed by atoms with Crippen LogP contribution in [0, 0.1) is 0 Å². The second-order valence-corrected chi connectivity index (χ2v) is 11.4. The lowest BCUT2D eigenvalue weighted by atomic mass is 9.71. The van der Waals surface area contributed by atoms with E-state index >= 15 is 0 Å². The highest BCUT2D eigenvalue weighted by Gasteiger charge is 2.58. The number of hydrogen-bond donors (Lipinski definition) is 0. The highest BCUT2D eigenvalue weighted by atomic mass is 15.4. The van der Waals surface area contributed by atoms with Gasteiger partial charge in [0.05, 0.1) is 6.67 Å². The first-order chi connectivity index (χ1) is 12.9. The zero-order valence-corrected chi connectivity index (χ0v) is 18.3. The van der Waals surface area contributed by atoms with Gasteiger partial charge in [0, 0.05) is 61.4 Å². The van der Waals surface area contributed by atoms with Crippen LogP contribution < -0.4 is 0 Å². The molecule has 3 heterocycles. The van der Waals surface area contributed by atoms with E-state index in [0.29, 0.717) is 17.1 Å². The van der Waals surface area contributed by atoms with Gasteiger partial charge in [-0.25, -0.2) is 0 Å². The summed E-state index contributed by atoms with van der Waals surface area (Å²) in [6, 6.07) is 3.31. The molecule has 0 aromatic carbocycles. The molecule has 0 radical (unpaired) electrons. The van der Waals surface area contributed by atoms with Gasteiger partial charge in [0.1, 0.15) is 0 Å². The molecule has 154 valence electrons. The van der Waals surface area contributed by atoms with Gasteiger partial charge in [-0.2, -0.15) is 0 Å². The summed E-state index contributed by atoms with van der Waals surface area (Å²) in [6.07, 6.45) is 11.5. The summed E-state index contributed by atoms with van der Waals surface area (Å²) in [4.78, 5) is 11.3. The lowest BCUT2D eigenvalue weighted by Gasteiger charge is -2.69. The maximum atomic E-state index is 2.89. The van der Waals surface area contributed by atoms with Gasteiger partial charge in [-0.3, -0.25) is 19.6 Å². The molecule has 2 saturated carbocycles. The third kappa shape index (κ3) is 3.29. The lowest BCUT2D eigenvalue weighted by Crippen LogP contribution is -2.81. The zero-order valence-electron chi connectivity index (χ0n) is 18.3. The average molecular weight is 375 g/mol. The van der Waals surface area contributed by atoms with E-state index in [4.69, 9.17) is 0 Å². The van der Waals surface area contributed by atoms with Crippen LogP contribution in [0.4, 0.5) is 0 Å². The van der Waals surface area contributed by atoms with Crippen molar-refractivity contribution in [2.75, 3.05) is 32.8 Å². The normalized spacial score (nSPS) is 33.9. The van der Waals surface area contributed by atoms with Crippen LogP contribution in [-0.4, -0.2) is 87.7 Å². The first kappa shape index (κ1) is 18.8. The SMILES string of the molecule is CC(C)N1CCC(CC(C)(C)N2CC3(CCN3C3CCC3)C2)N(C2CC2)C1. The van der Waals surface area contributed by atoms with Gasteiger partial charge in [0.15, 0.2) is 0 Å². The third-order valence-corrected chi connectivity index (χ3v) is 8.81. The van der Waals surface area contributed by atoms with Gasteiger partial charge in [0.2, 0.25) is 0 Å². The Hall–Kier alpha value is -0.160. The van der Waals surface area contributed by atoms with Gasteiger partial charge in [-0.1, -0.05) is 6.42 Å². The first-order valence-corrected chi connectivity index (χ1v) is 11.9. The fourth-order valence-corrected chi connectivity index (χ4v) is 6.30. The maximum Gasteiger partial charge on any atom is 0.0514 e. The average Bonchev–Trinajstić information content (AvgIpc) is 3.32. The van der Waals surface area contributed by atoms with E-state index in [1.807, 2.05) is 0 Å². The molecule has 3 saturated heterocycles. The molecule has 4 nitrogen and oxygen atoms in total. The third-order valence-electron chi connectivity index (χ3n) is 8.81. The topological polar surface area (TPSA) is 13.0 Å². The van der Waals surface area contributed by atoms with E-state index < -0.39 is 0 Å². The van der Waals surface area contributed by atoms with Crippen LogP contribution in [0.25, 0.3) is 0 Å². The van der Waals surface area contributed by atoms with E-state index in [-0.39, 0.29) is 0 Å². The van der Waals surface area contributed by atoms with Gasteiger partial charge in [-0.15, -0.1) is 0 Å². The smallest absolute Gasteiger partial charge is 0.0514 e. The van der Waals surface area contributed by atoms with E-state index in [2.05, 4.69) is 47.3 Å². The van der Waals surface area contributed by atoms with Crippen molar-refractivity contribution in [3.05, 3.63) is 0 Å². The molecule has 3 aliphatic heterocycles. The Kier molecular flexibility index (Phi) is 4.66. The molecule has 4 heteroatoms. The molecule has 1 atom stereocenters. The van der Waals surface area contributed by atoms with Crippen molar-refractivity contribution in [2.24, 2.45) is 0 Å². The summed E-state index contributed by atoms with van der Waals surface area (Å²) in [5, 5.41) is 0. The Labute approximate surface area is 167 Å². The predicted octanol–water partition coefficient (Wildman–Crippen LogP) is 3.37. The van der Waals surface area contributed by atoms with Gasteiger partial charge < -0.3 is 0 Å². The molecule has 2 aliphatic carbocycles. The molecular weight excluding hydrogens is 332 g/mol. The summed E-state index contributed by atoms with van der Waals surface area (Å²) in [7, 11) is 0. The van der Waals surface area contributed by atoms with Crippen LogP contribution in [-0.2, 0) is 0 Å². The Morgan fingerprint density at radius 3 is 2.22 bits per heavy atom. The quantitative estimate of drug-likeness (QED) is 0.707. The van der Waals surface area contributed by atoms with Crippen molar-refractivity contribution in [1.82, 2.24) is 19.6 Å². The Balaban J connectivity index is 1.19. The largest absolute Gasteiger partial charge is 0.294 e. The molecule has 0 aromatic heterocycles. The molecule has 5 rings (SSSR count). The summed E-state index contributed by atoms with van der Waals surface area (Å²) in [5.41, 5.74) is 0.934.